The van der Waals surface area contributed by atoms with Crippen molar-refractivity contribution in [2.24, 2.45) is 0 Å². The van der Waals surface area contributed by atoms with Crippen LogP contribution >= 0.6 is 23.5 Å². The van der Waals surface area contributed by atoms with Gasteiger partial charge in [0.1, 0.15) is 67.5 Å². The summed E-state index contributed by atoms with van der Waals surface area (Å²) in [5.41, 5.74) is 2.96. The highest BCUT2D eigenvalue weighted by Gasteiger charge is 2.31. The van der Waals surface area contributed by atoms with Gasteiger partial charge in [0.25, 0.3) is 6.47 Å². The van der Waals surface area contributed by atoms with Gasteiger partial charge in [-0.25, -0.2) is 9.18 Å². The van der Waals surface area contributed by atoms with Crippen LogP contribution in [0.3, 0.4) is 0 Å². The predicted octanol–water partition coefficient (Wildman–Crippen LogP) is 8.17. The second kappa shape index (κ2) is 30.8. The Kier molecular flexibility index (Phi) is 24.8. The molecule has 5 rings (SSSR count). The van der Waals surface area contributed by atoms with Crippen molar-refractivity contribution in [3.8, 4) is 17.2 Å². The first kappa shape index (κ1) is 59.5. The maximum atomic E-state index is 14.5. The van der Waals surface area contributed by atoms with Gasteiger partial charge in [-0.05, 0) is 85.2 Å². The minimum Gasteiger partial charge on any atom is -0.495 e. The summed E-state index contributed by atoms with van der Waals surface area (Å²) in [6.07, 6.45) is -3.22. The van der Waals surface area contributed by atoms with Crippen molar-refractivity contribution in [2.75, 3.05) is 40.2 Å². The summed E-state index contributed by atoms with van der Waals surface area (Å²) in [4.78, 5) is 67.4. The Morgan fingerprint density at radius 2 is 1.41 bits per heavy atom. The Morgan fingerprint density at radius 1 is 0.784 bits per heavy atom. The maximum Gasteiger partial charge on any atom is 0.573 e. The Balaban J connectivity index is 0.000000322. The molecule has 0 saturated carbocycles. The number of thioether (sulfide) groups is 2. The molecule has 5 aromatic rings. The molecule has 2 N–H and O–H groups in total. The van der Waals surface area contributed by atoms with E-state index in [4.69, 9.17) is 37.3 Å². The fraction of sp³-hybridized carbons (Fsp3) is 0.333. The first-order valence-electron chi connectivity index (χ1n) is 22.3. The lowest BCUT2D eigenvalue weighted by Crippen LogP contribution is -2.32. The van der Waals surface area contributed by atoms with E-state index < -0.39 is 52.4 Å². The molecule has 4 unspecified atom stereocenters. The standard InChI is InChI=1S/C26H28F3NO8S.C25H26FNO7S/c1-17(37-16-32)22(34-2)13-36-23(19-5-4-6-21(12-19)38-26(27,28)29)14-35-20-9-7-18(8-10-20)11-24(39-3)25(33)30-15-31;1-3-20-22(34-25(30)33-20)14-32-21(18-6-4-5-7-19(18)26)13-31-17-10-8-16(9-11-17)12-23(35-15-28)24(29)27-2/h4-10,12,15-16,23-24H,11,13-14H2,1-3H3,(H,30,31,33);4-11,15,21,23H,3,12-14H2,1-2H3,(H,27,29)/b22-17-;. The van der Waals surface area contributed by atoms with Gasteiger partial charge in [0.2, 0.25) is 18.2 Å². The number of ether oxygens (including phenoxy) is 7. The van der Waals surface area contributed by atoms with Crippen LogP contribution in [0.1, 0.15) is 59.8 Å². The zero-order chi connectivity index (χ0) is 54.0. The largest absolute Gasteiger partial charge is 0.573 e. The van der Waals surface area contributed by atoms with Gasteiger partial charge in [-0.15, -0.1) is 13.2 Å². The zero-order valence-electron chi connectivity index (χ0n) is 40.7. The van der Waals surface area contributed by atoms with Crippen LogP contribution in [-0.2, 0) is 68.8 Å². The van der Waals surface area contributed by atoms with Crippen molar-refractivity contribution in [1.82, 2.24) is 10.6 Å². The van der Waals surface area contributed by atoms with Crippen LogP contribution in [0.4, 0.5) is 17.6 Å². The highest BCUT2D eigenvalue weighted by Crippen LogP contribution is 2.30. The average molecular weight is 1080 g/mol. The molecule has 1 aromatic heterocycles. The number of imide groups is 1. The molecular weight excluding hydrogens is 1020 g/mol. The van der Waals surface area contributed by atoms with Crippen LogP contribution in [-0.4, -0.2) is 87.4 Å². The first-order valence-corrected chi connectivity index (χ1v) is 24.6. The van der Waals surface area contributed by atoms with E-state index in [-0.39, 0.29) is 56.1 Å². The highest BCUT2D eigenvalue weighted by molar-refractivity contribution is 8.13. The molecule has 398 valence electrons. The van der Waals surface area contributed by atoms with E-state index in [1.807, 2.05) is 6.92 Å². The molecule has 23 heteroatoms. The van der Waals surface area contributed by atoms with Crippen LogP contribution in [0.25, 0.3) is 0 Å². The number of hydrogen-bond donors (Lipinski definition) is 2. The van der Waals surface area contributed by atoms with Gasteiger partial charge in [0.15, 0.2) is 22.9 Å². The molecule has 0 aliphatic rings. The van der Waals surface area contributed by atoms with E-state index in [1.165, 1.54) is 51.0 Å². The van der Waals surface area contributed by atoms with E-state index in [2.05, 4.69) is 15.4 Å². The van der Waals surface area contributed by atoms with Crippen molar-refractivity contribution < 1.29 is 83.5 Å². The highest BCUT2D eigenvalue weighted by atomic mass is 32.2. The number of alkyl halides is 3. The number of rotatable bonds is 29. The number of halogens is 4. The van der Waals surface area contributed by atoms with Gasteiger partial charge in [-0.1, -0.05) is 73.3 Å². The van der Waals surface area contributed by atoms with E-state index in [9.17, 15) is 46.3 Å². The number of aryl methyl sites for hydroxylation is 1. The Hall–Kier alpha value is -7.08. The topological polar surface area (TPSA) is 217 Å². The monoisotopic (exact) mass is 1070 g/mol. The van der Waals surface area contributed by atoms with Crippen molar-refractivity contribution in [3.63, 3.8) is 0 Å². The molecule has 4 aromatic carbocycles. The molecule has 3 amide bonds. The summed E-state index contributed by atoms with van der Waals surface area (Å²) in [6.45, 7) is 3.16. The van der Waals surface area contributed by atoms with Crippen LogP contribution < -0.4 is 30.7 Å². The molecule has 0 aliphatic heterocycles. The van der Waals surface area contributed by atoms with E-state index in [0.717, 1.165) is 29.0 Å². The summed E-state index contributed by atoms with van der Waals surface area (Å²) < 4.78 is 100. The van der Waals surface area contributed by atoms with Crippen LogP contribution in [0.5, 0.6) is 17.2 Å². The number of benzene rings is 4. The van der Waals surface area contributed by atoms with E-state index in [1.54, 1.807) is 79.1 Å². The summed E-state index contributed by atoms with van der Waals surface area (Å²) in [5.74, 6) is -0.383. The minimum absolute atomic E-state index is 0.00825. The lowest BCUT2D eigenvalue weighted by atomic mass is 10.1. The van der Waals surface area contributed by atoms with Gasteiger partial charge in [0, 0.05) is 19.0 Å². The normalized spacial score (nSPS) is 13.0. The molecule has 0 spiro atoms. The van der Waals surface area contributed by atoms with E-state index >= 15 is 0 Å². The lowest BCUT2D eigenvalue weighted by molar-refractivity contribution is -0.274. The third-order valence-corrected chi connectivity index (χ3v) is 12.3. The van der Waals surface area contributed by atoms with Gasteiger partial charge in [-0.3, -0.25) is 29.3 Å². The van der Waals surface area contributed by atoms with Crippen molar-refractivity contribution in [3.05, 3.63) is 159 Å². The summed E-state index contributed by atoms with van der Waals surface area (Å²) in [6, 6.07) is 25.4. The molecule has 0 saturated heterocycles. The number of methoxy groups -OCH3 is 1. The fourth-order valence-corrected chi connectivity index (χ4v) is 8.01. The number of nitrogens with one attached hydrogen (secondary N) is 2. The van der Waals surface area contributed by atoms with Crippen molar-refractivity contribution in [2.45, 2.75) is 68.8 Å². The van der Waals surface area contributed by atoms with Crippen molar-refractivity contribution >= 4 is 53.8 Å². The number of carbonyl (C=O) groups excluding carboxylic acids is 5. The number of hydrogen-bond acceptors (Lipinski definition) is 17. The first-order chi connectivity index (χ1) is 35.5. The molecule has 4 atom stereocenters. The number of carbonyl (C=O) groups is 5. The van der Waals surface area contributed by atoms with Crippen molar-refractivity contribution in [1.29, 1.82) is 0 Å². The summed E-state index contributed by atoms with van der Waals surface area (Å²) in [7, 11) is 2.88. The van der Waals surface area contributed by atoms with Gasteiger partial charge in [0.05, 0.1) is 17.6 Å². The second-order valence-electron chi connectivity index (χ2n) is 15.3. The third-order valence-electron chi connectivity index (χ3n) is 10.5. The fourth-order valence-electron chi connectivity index (χ4n) is 6.71. The van der Waals surface area contributed by atoms with Crippen LogP contribution in [0.2, 0.25) is 0 Å². The molecule has 0 radical (unpaired) electrons. The summed E-state index contributed by atoms with van der Waals surface area (Å²) >= 11 is 2.23. The Labute approximate surface area is 431 Å². The quantitative estimate of drug-likeness (QED) is 0.0262. The van der Waals surface area contributed by atoms with E-state index in [0.29, 0.717) is 59.7 Å². The Morgan fingerprint density at radius 3 is 1.96 bits per heavy atom. The molecular formula is C51H54F4N2O15S2. The van der Waals surface area contributed by atoms with Gasteiger partial charge in [-0.2, -0.15) is 11.8 Å². The second-order valence-corrected chi connectivity index (χ2v) is 17.4. The molecule has 74 heavy (non-hydrogen) atoms. The number of amides is 3. The number of allylic oxidation sites excluding steroid dienone is 1. The van der Waals surface area contributed by atoms with Crippen LogP contribution in [0.15, 0.2) is 122 Å². The molecule has 0 fully saturated rings. The minimum atomic E-state index is -4.87. The lowest BCUT2D eigenvalue weighted by Gasteiger charge is -2.21. The molecule has 1 heterocycles. The molecule has 0 bridgehead atoms. The Bertz CT molecular complexity index is 2660. The molecule has 0 aliphatic carbocycles. The SMILES string of the molecule is CCc1oc(=O)oc1COC(COc1ccc(CC(SC=O)C(=O)NC)cc1)c1ccccc1F.CO/C(COC(COc1ccc(CC(SC)C(=O)NC=O)cc1)c1cccc(OC(F)(F)F)c1)=C(/C)OC=O. The molecule has 17 nitrogen and oxygen atoms in total. The zero-order valence-corrected chi connectivity index (χ0v) is 42.3. The maximum absolute atomic E-state index is 14.5. The van der Waals surface area contributed by atoms with Gasteiger partial charge < -0.3 is 47.3 Å². The van der Waals surface area contributed by atoms with Gasteiger partial charge >= 0.3 is 12.2 Å². The summed E-state index contributed by atoms with van der Waals surface area (Å²) in [5, 5.41) is 3.71. The smallest absolute Gasteiger partial charge is 0.495 e. The predicted molar refractivity (Wildman–Crippen MR) is 264 cm³/mol. The van der Waals surface area contributed by atoms with Crippen LogP contribution in [0, 0.1) is 5.82 Å². The average Bonchev–Trinajstić information content (AvgIpc) is 3.76. The third kappa shape index (κ3) is 19.7.